The third-order valence-corrected chi connectivity index (χ3v) is 7.76. The summed E-state index contributed by atoms with van der Waals surface area (Å²) in [6, 6.07) is 11.1. The maximum Gasteiger partial charge on any atom is 0.254 e. The van der Waals surface area contributed by atoms with E-state index >= 15 is 0 Å². The van der Waals surface area contributed by atoms with Gasteiger partial charge in [0.25, 0.3) is 5.91 Å². The first-order chi connectivity index (χ1) is 16.5. The Morgan fingerprint density at radius 2 is 1.86 bits per heavy atom. The van der Waals surface area contributed by atoms with Gasteiger partial charge in [-0.2, -0.15) is 4.31 Å². The largest absolute Gasteiger partial charge is 0.495 e. The monoisotopic (exact) mass is 497 g/mol. The third-order valence-electron chi connectivity index (χ3n) is 5.90. The minimum Gasteiger partial charge on any atom is -0.495 e. The summed E-state index contributed by atoms with van der Waals surface area (Å²) >= 11 is 0. The molecular weight excluding hydrogens is 466 g/mol. The molecule has 35 heavy (non-hydrogen) atoms. The summed E-state index contributed by atoms with van der Waals surface area (Å²) in [5.74, 6) is 2.23. The molecule has 0 aromatic heterocycles. The van der Waals surface area contributed by atoms with Crippen LogP contribution in [-0.4, -0.2) is 63.2 Å². The average Bonchev–Trinajstić information content (AvgIpc) is 2.82. The minimum atomic E-state index is -3.88. The van der Waals surface area contributed by atoms with Crippen LogP contribution in [0.1, 0.15) is 36.2 Å². The zero-order valence-electron chi connectivity index (χ0n) is 20.4. The summed E-state index contributed by atoms with van der Waals surface area (Å²) in [6.07, 6.45) is 6.35. The quantitative estimate of drug-likeness (QED) is 0.593. The highest BCUT2D eigenvalue weighted by Crippen LogP contribution is 2.32. The fraction of sp³-hybridized carbons (Fsp3) is 0.385. The fourth-order valence-electron chi connectivity index (χ4n) is 4.35. The molecule has 1 heterocycles. The fourth-order valence-corrected chi connectivity index (χ4v) is 6.21. The number of anilines is 1. The lowest BCUT2D eigenvalue weighted by molar-refractivity contribution is -0.116. The van der Waals surface area contributed by atoms with Gasteiger partial charge in [-0.15, -0.1) is 6.42 Å². The van der Waals surface area contributed by atoms with Crippen molar-refractivity contribution in [2.75, 3.05) is 39.1 Å². The van der Waals surface area contributed by atoms with Crippen LogP contribution in [-0.2, 0) is 14.8 Å². The van der Waals surface area contributed by atoms with Crippen LogP contribution in [0.25, 0.3) is 0 Å². The number of ether oxygens (including phenoxy) is 1. The molecule has 1 N–H and O–H groups in total. The van der Waals surface area contributed by atoms with E-state index in [4.69, 9.17) is 11.2 Å². The van der Waals surface area contributed by atoms with E-state index in [9.17, 15) is 18.0 Å². The van der Waals surface area contributed by atoms with Gasteiger partial charge >= 0.3 is 0 Å². The highest BCUT2D eigenvalue weighted by molar-refractivity contribution is 7.89. The van der Waals surface area contributed by atoms with Gasteiger partial charge in [-0.05, 0) is 54.7 Å². The number of carbonyl (C=O) groups is 2. The lowest BCUT2D eigenvalue weighted by Crippen LogP contribution is -2.42. The van der Waals surface area contributed by atoms with Gasteiger partial charge in [0.05, 0.1) is 13.7 Å². The van der Waals surface area contributed by atoms with E-state index in [2.05, 4.69) is 11.2 Å². The lowest BCUT2D eigenvalue weighted by atomic mass is 9.94. The van der Waals surface area contributed by atoms with Gasteiger partial charge in [0, 0.05) is 37.0 Å². The molecule has 2 amide bonds. The second-order valence-corrected chi connectivity index (χ2v) is 11.0. The molecule has 8 nitrogen and oxygen atoms in total. The van der Waals surface area contributed by atoms with Gasteiger partial charge in [0.15, 0.2) is 0 Å². The van der Waals surface area contributed by atoms with Gasteiger partial charge in [0.1, 0.15) is 10.6 Å². The molecule has 1 aliphatic rings. The Labute approximate surface area is 207 Å². The van der Waals surface area contributed by atoms with E-state index in [0.717, 1.165) is 6.42 Å². The van der Waals surface area contributed by atoms with Crippen molar-refractivity contribution in [3.8, 4) is 18.1 Å². The van der Waals surface area contributed by atoms with Gasteiger partial charge in [-0.1, -0.05) is 25.8 Å². The first kappa shape index (κ1) is 26.3. The number of sulfonamides is 1. The predicted molar refractivity (Wildman–Crippen MR) is 135 cm³/mol. The zero-order valence-corrected chi connectivity index (χ0v) is 21.3. The number of likely N-dealkylation sites (N-methyl/N-ethyl adjacent to an activating group) is 1. The van der Waals surface area contributed by atoms with Crippen molar-refractivity contribution >= 4 is 27.5 Å². The van der Waals surface area contributed by atoms with Crippen molar-refractivity contribution in [3.63, 3.8) is 0 Å². The van der Waals surface area contributed by atoms with Crippen LogP contribution in [0.4, 0.5) is 5.69 Å². The van der Waals surface area contributed by atoms with Crippen LogP contribution in [0.5, 0.6) is 5.75 Å². The van der Waals surface area contributed by atoms with Crippen molar-refractivity contribution in [2.24, 2.45) is 11.8 Å². The Balaban J connectivity index is 1.79. The third kappa shape index (κ3) is 6.21. The molecule has 1 aliphatic heterocycles. The Morgan fingerprint density at radius 3 is 2.49 bits per heavy atom. The Bertz CT molecular complexity index is 1240. The molecule has 0 aliphatic carbocycles. The SMILES string of the molecule is C#Cc1cccc(NC(=O)CN(C)C(=O)c2ccc(OC)c(S(=O)(=O)N3CC(C)CC(C)C3)c2)c1. The number of hydrogen-bond acceptors (Lipinski definition) is 5. The van der Waals surface area contributed by atoms with Crippen molar-refractivity contribution in [1.82, 2.24) is 9.21 Å². The van der Waals surface area contributed by atoms with Crippen LogP contribution < -0.4 is 10.1 Å². The van der Waals surface area contributed by atoms with Crippen LogP contribution in [0.3, 0.4) is 0 Å². The van der Waals surface area contributed by atoms with Crippen molar-refractivity contribution in [3.05, 3.63) is 53.6 Å². The summed E-state index contributed by atoms with van der Waals surface area (Å²) in [4.78, 5) is 26.7. The van der Waals surface area contributed by atoms with Crippen LogP contribution in [0.2, 0.25) is 0 Å². The summed E-state index contributed by atoms with van der Waals surface area (Å²) in [6.45, 7) is 4.65. The van der Waals surface area contributed by atoms with Crippen LogP contribution in [0, 0.1) is 24.2 Å². The number of rotatable bonds is 7. The molecule has 3 rings (SSSR count). The summed E-state index contributed by atoms with van der Waals surface area (Å²) < 4.78 is 33.7. The van der Waals surface area contributed by atoms with E-state index in [-0.39, 0.29) is 34.6 Å². The second kappa shape index (κ2) is 10.9. The molecule has 1 fully saturated rings. The number of terminal acetylenes is 1. The molecule has 2 unspecified atom stereocenters. The lowest BCUT2D eigenvalue weighted by Gasteiger charge is -2.34. The Kier molecular flexibility index (Phi) is 8.20. The molecule has 0 spiro atoms. The zero-order chi connectivity index (χ0) is 25.8. The molecule has 0 radical (unpaired) electrons. The first-order valence-electron chi connectivity index (χ1n) is 11.3. The average molecular weight is 498 g/mol. The topological polar surface area (TPSA) is 96.0 Å². The van der Waals surface area contributed by atoms with Crippen molar-refractivity contribution < 1.29 is 22.7 Å². The molecule has 9 heteroatoms. The number of amides is 2. The van der Waals surface area contributed by atoms with Gasteiger partial charge in [0.2, 0.25) is 15.9 Å². The number of hydrogen-bond donors (Lipinski definition) is 1. The van der Waals surface area contributed by atoms with Gasteiger partial charge in [-0.25, -0.2) is 8.42 Å². The molecule has 2 aromatic rings. The highest BCUT2D eigenvalue weighted by atomic mass is 32.2. The number of nitrogens with zero attached hydrogens (tertiary/aromatic N) is 2. The number of carbonyl (C=O) groups excluding carboxylic acids is 2. The molecular formula is C26H31N3O5S. The van der Waals surface area contributed by atoms with Crippen LogP contribution >= 0.6 is 0 Å². The van der Waals surface area contributed by atoms with Gasteiger partial charge < -0.3 is 15.0 Å². The first-order valence-corrected chi connectivity index (χ1v) is 12.8. The number of benzene rings is 2. The number of piperidine rings is 1. The molecule has 0 saturated carbocycles. The van der Waals surface area contributed by atoms with E-state index in [1.54, 1.807) is 24.3 Å². The standard InChI is InChI=1S/C26H31N3O5S/c1-6-20-8-7-9-22(13-20)27-25(30)17-28(4)26(31)21-10-11-23(34-5)24(14-21)35(32,33)29-15-18(2)12-19(3)16-29/h1,7-11,13-14,18-19H,12,15-17H2,2-5H3,(H,27,30). The van der Waals surface area contributed by atoms with Crippen molar-refractivity contribution in [2.45, 2.75) is 25.2 Å². The number of methoxy groups -OCH3 is 1. The van der Waals surface area contributed by atoms with E-state index in [0.29, 0.717) is 24.3 Å². The summed E-state index contributed by atoms with van der Waals surface area (Å²) in [5, 5.41) is 2.71. The van der Waals surface area contributed by atoms with Gasteiger partial charge in [-0.3, -0.25) is 9.59 Å². The summed E-state index contributed by atoms with van der Waals surface area (Å²) in [7, 11) is -1.01. The molecule has 2 aromatic carbocycles. The smallest absolute Gasteiger partial charge is 0.254 e. The maximum atomic E-state index is 13.5. The summed E-state index contributed by atoms with van der Waals surface area (Å²) in [5.41, 5.74) is 1.29. The molecule has 2 atom stereocenters. The van der Waals surface area contributed by atoms with E-state index in [1.807, 2.05) is 13.8 Å². The van der Waals surface area contributed by atoms with E-state index < -0.39 is 21.8 Å². The van der Waals surface area contributed by atoms with Crippen molar-refractivity contribution in [1.29, 1.82) is 0 Å². The maximum absolute atomic E-state index is 13.5. The molecule has 186 valence electrons. The minimum absolute atomic E-state index is 0.0592. The van der Waals surface area contributed by atoms with E-state index in [1.165, 1.54) is 41.6 Å². The normalized spacial score (nSPS) is 18.4. The number of nitrogens with one attached hydrogen (secondary N) is 1. The Morgan fingerprint density at radius 1 is 1.17 bits per heavy atom. The highest BCUT2D eigenvalue weighted by Gasteiger charge is 2.34. The Hall–Kier alpha value is -3.35. The second-order valence-electron chi connectivity index (χ2n) is 9.07. The molecule has 0 bridgehead atoms. The van der Waals surface area contributed by atoms with Crippen LogP contribution in [0.15, 0.2) is 47.4 Å². The molecule has 1 saturated heterocycles. The predicted octanol–water partition coefficient (Wildman–Crippen LogP) is 3.05.